The van der Waals surface area contributed by atoms with E-state index in [4.69, 9.17) is 0 Å². The number of carbonyl (C=O) groups is 1. The highest BCUT2D eigenvalue weighted by Gasteiger charge is 2.26. The fourth-order valence-electron chi connectivity index (χ4n) is 1.33. The van der Waals surface area contributed by atoms with Gasteiger partial charge < -0.3 is 0 Å². The van der Waals surface area contributed by atoms with E-state index in [1.54, 1.807) is 18.2 Å². The van der Waals surface area contributed by atoms with Crippen LogP contribution in [0.25, 0.3) is 0 Å². The van der Waals surface area contributed by atoms with Crippen molar-refractivity contribution in [2.75, 3.05) is 0 Å². The molecule has 0 bridgehead atoms. The van der Waals surface area contributed by atoms with E-state index in [0.717, 1.165) is 0 Å². The Labute approximate surface area is 75.6 Å². The summed E-state index contributed by atoms with van der Waals surface area (Å²) in [5, 5.41) is 0. The van der Waals surface area contributed by atoms with Crippen LogP contribution in [0.4, 0.5) is 0 Å². The minimum absolute atomic E-state index is 0.134. The molecule has 0 saturated heterocycles. The third kappa shape index (κ3) is 1.31. The van der Waals surface area contributed by atoms with Crippen LogP contribution in [0.15, 0.2) is 29.2 Å². The van der Waals surface area contributed by atoms with Crippen LogP contribution in [-0.2, 0) is 21.2 Å². The number of amides is 1. The average Bonchev–Trinajstić information content (AvgIpc) is 2.02. The van der Waals surface area contributed by atoms with Gasteiger partial charge in [0.1, 0.15) is 0 Å². The molecule has 1 amide bonds. The number of hydrogen-bond acceptors (Lipinski definition) is 3. The molecule has 0 aliphatic carbocycles. The molecule has 1 N–H and O–H groups in total. The number of hydrogen-bond donors (Lipinski definition) is 1. The lowest BCUT2D eigenvalue weighted by Gasteiger charge is -2.15. The summed E-state index contributed by atoms with van der Waals surface area (Å²) in [7, 11) is -3.59. The van der Waals surface area contributed by atoms with Gasteiger partial charge in [0.2, 0.25) is 5.91 Å². The van der Waals surface area contributed by atoms with Crippen molar-refractivity contribution in [3.63, 3.8) is 0 Å². The Morgan fingerprint density at radius 1 is 1.23 bits per heavy atom. The molecule has 1 heterocycles. The Hall–Kier alpha value is -1.36. The predicted octanol–water partition coefficient (Wildman–Crippen LogP) is 0.0476. The van der Waals surface area contributed by atoms with E-state index in [0.29, 0.717) is 5.56 Å². The van der Waals surface area contributed by atoms with Crippen LogP contribution in [0.1, 0.15) is 5.56 Å². The SMILES string of the molecule is O=C1Cc2ccccc2S(=O)(=O)N1. The normalized spacial score (nSPS) is 18.9. The van der Waals surface area contributed by atoms with E-state index < -0.39 is 15.9 Å². The van der Waals surface area contributed by atoms with Gasteiger partial charge in [0, 0.05) is 0 Å². The van der Waals surface area contributed by atoms with Crippen LogP contribution in [0.2, 0.25) is 0 Å². The summed E-state index contributed by atoms with van der Waals surface area (Å²) >= 11 is 0. The summed E-state index contributed by atoms with van der Waals surface area (Å²) in [6.45, 7) is 0. The van der Waals surface area contributed by atoms with Crippen molar-refractivity contribution in [2.45, 2.75) is 11.3 Å². The quantitative estimate of drug-likeness (QED) is 0.639. The third-order valence-corrected chi connectivity index (χ3v) is 3.34. The molecule has 0 unspecified atom stereocenters. The summed E-state index contributed by atoms with van der Waals surface area (Å²) in [6, 6.07) is 6.48. The lowest BCUT2D eigenvalue weighted by molar-refractivity contribution is -0.118. The molecule has 1 aromatic rings. The molecule has 13 heavy (non-hydrogen) atoms. The number of carbonyl (C=O) groups excluding carboxylic acids is 1. The molecular weight excluding hydrogens is 190 g/mol. The topological polar surface area (TPSA) is 63.2 Å². The zero-order valence-corrected chi connectivity index (χ0v) is 7.47. The predicted molar refractivity (Wildman–Crippen MR) is 45.5 cm³/mol. The highest BCUT2D eigenvalue weighted by molar-refractivity contribution is 7.90. The summed E-state index contributed by atoms with van der Waals surface area (Å²) in [5.41, 5.74) is 0.561. The maximum absolute atomic E-state index is 11.4. The minimum Gasteiger partial charge on any atom is -0.274 e. The largest absolute Gasteiger partial charge is 0.274 e. The van der Waals surface area contributed by atoms with Gasteiger partial charge in [0.25, 0.3) is 10.0 Å². The van der Waals surface area contributed by atoms with Gasteiger partial charge in [0.15, 0.2) is 0 Å². The van der Waals surface area contributed by atoms with E-state index in [2.05, 4.69) is 0 Å². The van der Waals surface area contributed by atoms with Crippen LogP contribution in [0.5, 0.6) is 0 Å². The van der Waals surface area contributed by atoms with Crippen LogP contribution < -0.4 is 4.72 Å². The van der Waals surface area contributed by atoms with Crippen LogP contribution in [0.3, 0.4) is 0 Å². The van der Waals surface area contributed by atoms with Crippen molar-refractivity contribution < 1.29 is 13.2 Å². The summed E-state index contributed by atoms with van der Waals surface area (Å²) in [5.74, 6) is -0.473. The van der Waals surface area contributed by atoms with E-state index in [-0.39, 0.29) is 11.3 Å². The summed E-state index contributed by atoms with van der Waals surface area (Å²) in [4.78, 5) is 11.2. The van der Waals surface area contributed by atoms with Gasteiger partial charge in [-0.2, -0.15) is 0 Å². The van der Waals surface area contributed by atoms with Crippen molar-refractivity contribution in [2.24, 2.45) is 0 Å². The number of benzene rings is 1. The molecule has 0 atom stereocenters. The number of fused-ring (bicyclic) bond motifs is 1. The first kappa shape index (κ1) is 8.25. The van der Waals surface area contributed by atoms with Crippen molar-refractivity contribution in [1.29, 1.82) is 0 Å². The fourth-order valence-corrected chi connectivity index (χ4v) is 2.55. The molecule has 1 aromatic carbocycles. The Balaban J connectivity index is 2.70. The van der Waals surface area contributed by atoms with Crippen molar-refractivity contribution in [3.05, 3.63) is 29.8 Å². The summed E-state index contributed by atoms with van der Waals surface area (Å²) in [6.07, 6.45) is 0.134. The molecule has 1 aliphatic heterocycles. The van der Waals surface area contributed by atoms with Gasteiger partial charge in [-0.1, -0.05) is 18.2 Å². The number of sulfonamides is 1. The summed E-state index contributed by atoms with van der Waals surface area (Å²) < 4.78 is 24.6. The molecule has 0 fully saturated rings. The zero-order chi connectivity index (χ0) is 9.47. The Kier molecular flexibility index (Phi) is 1.63. The maximum Gasteiger partial charge on any atom is 0.264 e. The van der Waals surface area contributed by atoms with Gasteiger partial charge >= 0.3 is 0 Å². The van der Waals surface area contributed by atoms with Crippen LogP contribution in [-0.4, -0.2) is 14.3 Å². The van der Waals surface area contributed by atoms with Crippen molar-refractivity contribution >= 4 is 15.9 Å². The first-order valence-corrected chi connectivity index (χ1v) is 5.21. The van der Waals surface area contributed by atoms with E-state index in [1.807, 2.05) is 4.72 Å². The smallest absolute Gasteiger partial charge is 0.264 e. The molecule has 68 valence electrons. The monoisotopic (exact) mass is 197 g/mol. The Morgan fingerprint density at radius 3 is 2.69 bits per heavy atom. The zero-order valence-electron chi connectivity index (χ0n) is 6.65. The fraction of sp³-hybridized carbons (Fsp3) is 0.125. The molecule has 4 nitrogen and oxygen atoms in total. The van der Waals surface area contributed by atoms with Gasteiger partial charge in [-0.25, -0.2) is 13.1 Å². The lowest BCUT2D eigenvalue weighted by atomic mass is 10.1. The number of nitrogens with one attached hydrogen (secondary N) is 1. The van der Waals surface area contributed by atoms with Crippen molar-refractivity contribution in [3.8, 4) is 0 Å². The molecule has 2 rings (SSSR count). The maximum atomic E-state index is 11.4. The lowest BCUT2D eigenvalue weighted by Crippen LogP contribution is -2.36. The Bertz CT molecular complexity index is 464. The second kappa shape index (κ2) is 2.56. The second-order valence-electron chi connectivity index (χ2n) is 2.81. The molecule has 0 spiro atoms. The molecule has 5 heteroatoms. The van der Waals surface area contributed by atoms with Gasteiger partial charge in [-0.05, 0) is 11.6 Å². The van der Waals surface area contributed by atoms with Crippen LogP contribution in [0, 0.1) is 0 Å². The van der Waals surface area contributed by atoms with E-state index >= 15 is 0 Å². The average molecular weight is 197 g/mol. The second-order valence-corrected chi connectivity index (χ2v) is 4.46. The van der Waals surface area contributed by atoms with Crippen LogP contribution >= 0.6 is 0 Å². The first-order chi connectivity index (χ1) is 6.09. The Morgan fingerprint density at radius 2 is 1.92 bits per heavy atom. The van der Waals surface area contributed by atoms with E-state index in [9.17, 15) is 13.2 Å². The molecular formula is C8H7NO3S. The van der Waals surface area contributed by atoms with E-state index in [1.165, 1.54) is 6.07 Å². The highest BCUT2D eigenvalue weighted by atomic mass is 32.2. The van der Waals surface area contributed by atoms with Gasteiger partial charge in [-0.3, -0.25) is 4.79 Å². The van der Waals surface area contributed by atoms with Crippen molar-refractivity contribution in [1.82, 2.24) is 4.72 Å². The minimum atomic E-state index is -3.59. The van der Waals surface area contributed by atoms with Gasteiger partial charge in [0.05, 0.1) is 11.3 Å². The molecule has 0 saturated carbocycles. The molecule has 1 aliphatic rings. The standard InChI is InChI=1S/C8H7NO3S/c10-8-5-6-3-1-2-4-7(6)13(11,12)9-8/h1-4H,5H2,(H,9,10). The number of rotatable bonds is 0. The van der Waals surface area contributed by atoms with Gasteiger partial charge in [-0.15, -0.1) is 0 Å². The first-order valence-electron chi connectivity index (χ1n) is 3.73. The highest BCUT2D eigenvalue weighted by Crippen LogP contribution is 2.19. The molecule has 0 radical (unpaired) electrons. The third-order valence-electron chi connectivity index (χ3n) is 1.86. The molecule has 0 aromatic heterocycles.